The van der Waals surface area contributed by atoms with Crippen LogP contribution in [0.4, 0.5) is 14.6 Å². The van der Waals surface area contributed by atoms with E-state index >= 15 is 0 Å². The Kier molecular flexibility index (Phi) is 5.10. The van der Waals surface area contributed by atoms with E-state index in [9.17, 15) is 13.9 Å². The van der Waals surface area contributed by atoms with Gasteiger partial charge in [0.1, 0.15) is 34.5 Å². The van der Waals surface area contributed by atoms with Gasteiger partial charge in [0.05, 0.1) is 18.9 Å². The predicted molar refractivity (Wildman–Crippen MR) is 120 cm³/mol. The Labute approximate surface area is 187 Å². The van der Waals surface area contributed by atoms with E-state index in [0.29, 0.717) is 34.2 Å². The number of aromatic nitrogens is 2. The minimum Gasteiger partial charge on any atom is -0.504 e. The molecule has 0 aliphatic rings. The number of phenolic OH excluding ortho intramolecular Hbond substituents is 1. The molecule has 0 atom stereocenters. The SMILES string of the molecule is COc1cc(-c2nc3ccccn3c2N=Cc2ccc(-c3ccc(F)cc3F)o2)ccc1O. The normalized spacial score (nSPS) is 11.5. The highest BCUT2D eigenvalue weighted by molar-refractivity contribution is 5.84. The number of furan rings is 1. The Morgan fingerprint density at radius 2 is 1.94 bits per heavy atom. The van der Waals surface area contributed by atoms with Crippen LogP contribution in [0.25, 0.3) is 28.2 Å². The molecule has 5 aromatic rings. The molecule has 0 saturated heterocycles. The maximum atomic E-state index is 14.1. The minimum atomic E-state index is -0.710. The van der Waals surface area contributed by atoms with Gasteiger partial charge in [-0.25, -0.2) is 18.8 Å². The topological polar surface area (TPSA) is 72.3 Å². The number of ether oxygens (including phenoxy) is 1. The van der Waals surface area contributed by atoms with Gasteiger partial charge in [-0.1, -0.05) is 6.07 Å². The van der Waals surface area contributed by atoms with E-state index < -0.39 is 11.6 Å². The minimum absolute atomic E-state index is 0.0196. The summed E-state index contributed by atoms with van der Waals surface area (Å²) in [6.07, 6.45) is 3.33. The monoisotopic (exact) mass is 445 g/mol. The van der Waals surface area contributed by atoms with E-state index in [4.69, 9.17) is 9.15 Å². The summed E-state index contributed by atoms with van der Waals surface area (Å²) in [7, 11) is 1.47. The van der Waals surface area contributed by atoms with E-state index in [1.165, 1.54) is 31.5 Å². The number of hydrogen-bond donors (Lipinski definition) is 1. The second kappa shape index (κ2) is 8.23. The third-order valence-corrected chi connectivity index (χ3v) is 5.10. The molecule has 8 heteroatoms. The number of methoxy groups -OCH3 is 1. The number of hydrogen-bond acceptors (Lipinski definition) is 5. The van der Waals surface area contributed by atoms with Gasteiger partial charge in [-0.05, 0) is 54.6 Å². The van der Waals surface area contributed by atoms with Crippen molar-refractivity contribution in [2.24, 2.45) is 4.99 Å². The summed E-state index contributed by atoms with van der Waals surface area (Å²) in [5, 5.41) is 9.93. The standard InChI is InChI=1S/C25H17F2N3O3/c1-32-22-12-15(5-9-20(22)31)24-25(30-11-3-2-4-23(30)29-24)28-14-17-7-10-21(33-17)18-8-6-16(26)13-19(18)27/h2-14,31H,1H3. The van der Waals surface area contributed by atoms with Gasteiger partial charge in [-0.2, -0.15) is 0 Å². The van der Waals surface area contributed by atoms with Crippen LogP contribution in [0.1, 0.15) is 5.76 Å². The van der Waals surface area contributed by atoms with Gasteiger partial charge in [-0.3, -0.25) is 4.40 Å². The van der Waals surface area contributed by atoms with Gasteiger partial charge < -0.3 is 14.3 Å². The molecule has 0 saturated carbocycles. The first-order valence-corrected chi connectivity index (χ1v) is 9.97. The number of phenols is 1. The molecule has 3 aromatic heterocycles. The van der Waals surface area contributed by atoms with Gasteiger partial charge in [0.2, 0.25) is 0 Å². The van der Waals surface area contributed by atoms with Crippen LogP contribution in [-0.4, -0.2) is 27.8 Å². The number of benzene rings is 2. The first kappa shape index (κ1) is 20.4. The van der Waals surface area contributed by atoms with Gasteiger partial charge >= 0.3 is 0 Å². The maximum absolute atomic E-state index is 14.1. The number of fused-ring (bicyclic) bond motifs is 1. The third kappa shape index (κ3) is 3.82. The van der Waals surface area contributed by atoms with Gasteiger partial charge in [0, 0.05) is 17.8 Å². The fourth-order valence-electron chi connectivity index (χ4n) is 3.51. The summed E-state index contributed by atoms with van der Waals surface area (Å²) >= 11 is 0. The molecule has 0 unspecified atom stereocenters. The smallest absolute Gasteiger partial charge is 0.165 e. The van der Waals surface area contributed by atoms with E-state index in [0.717, 1.165) is 6.07 Å². The molecule has 1 N–H and O–H groups in total. The average molecular weight is 445 g/mol. The van der Waals surface area contributed by atoms with Crippen LogP contribution in [0.3, 0.4) is 0 Å². The van der Waals surface area contributed by atoms with E-state index in [1.54, 1.807) is 24.3 Å². The van der Waals surface area contributed by atoms with Crippen LogP contribution < -0.4 is 4.74 Å². The van der Waals surface area contributed by atoms with E-state index in [2.05, 4.69) is 9.98 Å². The van der Waals surface area contributed by atoms with Crippen molar-refractivity contribution in [3.05, 3.63) is 90.3 Å². The van der Waals surface area contributed by atoms with Crippen molar-refractivity contribution in [2.75, 3.05) is 7.11 Å². The van der Waals surface area contributed by atoms with Crippen molar-refractivity contribution >= 4 is 17.7 Å². The molecule has 6 nitrogen and oxygen atoms in total. The number of halogens is 2. The van der Waals surface area contributed by atoms with Crippen molar-refractivity contribution < 1.29 is 23.0 Å². The van der Waals surface area contributed by atoms with Crippen LogP contribution in [0, 0.1) is 11.6 Å². The van der Waals surface area contributed by atoms with Gasteiger partial charge in [0.25, 0.3) is 0 Å². The Bertz CT molecular complexity index is 1500. The van der Waals surface area contributed by atoms with Crippen LogP contribution >= 0.6 is 0 Å². The second-order valence-electron chi connectivity index (χ2n) is 7.18. The van der Waals surface area contributed by atoms with Crippen molar-refractivity contribution in [1.29, 1.82) is 0 Å². The lowest BCUT2D eigenvalue weighted by atomic mass is 10.1. The van der Waals surface area contributed by atoms with Crippen LogP contribution in [0.15, 0.2) is 82.3 Å². The number of imidazole rings is 1. The predicted octanol–water partition coefficient (Wildman–Crippen LogP) is 6.00. The highest BCUT2D eigenvalue weighted by Gasteiger charge is 2.16. The largest absolute Gasteiger partial charge is 0.504 e. The number of nitrogens with zero attached hydrogens (tertiary/aromatic N) is 3. The van der Waals surface area contributed by atoms with Crippen LogP contribution in [-0.2, 0) is 0 Å². The fraction of sp³-hybridized carbons (Fsp3) is 0.0400. The summed E-state index contributed by atoms with van der Waals surface area (Å²) in [5.74, 6) is 0.144. The molecule has 164 valence electrons. The molecule has 0 aliphatic heterocycles. The van der Waals surface area contributed by atoms with Gasteiger partial charge in [-0.15, -0.1) is 0 Å². The summed E-state index contributed by atoms with van der Waals surface area (Å²) in [4.78, 5) is 9.26. The lowest BCUT2D eigenvalue weighted by Crippen LogP contribution is -1.87. The van der Waals surface area contributed by atoms with E-state index in [-0.39, 0.29) is 17.1 Å². The quantitative estimate of drug-likeness (QED) is 0.337. The van der Waals surface area contributed by atoms with Crippen molar-refractivity contribution in [3.8, 4) is 34.1 Å². The summed E-state index contributed by atoms with van der Waals surface area (Å²) in [6.45, 7) is 0. The zero-order valence-corrected chi connectivity index (χ0v) is 17.4. The second-order valence-corrected chi connectivity index (χ2v) is 7.18. The summed E-state index contributed by atoms with van der Waals surface area (Å²) in [6, 6.07) is 17.1. The maximum Gasteiger partial charge on any atom is 0.165 e. The molecule has 33 heavy (non-hydrogen) atoms. The third-order valence-electron chi connectivity index (χ3n) is 5.10. The van der Waals surface area contributed by atoms with E-state index in [1.807, 2.05) is 28.8 Å². The number of aromatic hydroxyl groups is 1. The molecule has 0 bridgehead atoms. The molecule has 0 spiro atoms. The highest BCUT2D eigenvalue weighted by Crippen LogP contribution is 2.36. The Morgan fingerprint density at radius 1 is 1.06 bits per heavy atom. The lowest BCUT2D eigenvalue weighted by Gasteiger charge is -2.05. The average Bonchev–Trinajstić information content (AvgIpc) is 3.42. The highest BCUT2D eigenvalue weighted by atomic mass is 19.1. The number of pyridine rings is 1. The molecule has 0 radical (unpaired) electrons. The summed E-state index contributed by atoms with van der Waals surface area (Å²) in [5.41, 5.74) is 2.11. The van der Waals surface area contributed by atoms with Crippen LogP contribution in [0.5, 0.6) is 11.5 Å². The molecule has 2 aromatic carbocycles. The van der Waals surface area contributed by atoms with Crippen LogP contribution in [0.2, 0.25) is 0 Å². The molecule has 0 aliphatic carbocycles. The molecule has 5 rings (SSSR count). The summed E-state index contributed by atoms with van der Waals surface area (Å²) < 4.78 is 40.0. The molecular weight excluding hydrogens is 428 g/mol. The van der Waals surface area contributed by atoms with Crippen molar-refractivity contribution in [1.82, 2.24) is 9.38 Å². The lowest BCUT2D eigenvalue weighted by molar-refractivity contribution is 0.373. The Hall–Kier alpha value is -4.46. The van der Waals surface area contributed by atoms with Crippen molar-refractivity contribution in [3.63, 3.8) is 0 Å². The fourth-order valence-corrected chi connectivity index (χ4v) is 3.51. The molecular formula is C25H17F2N3O3. The van der Waals surface area contributed by atoms with Crippen molar-refractivity contribution in [2.45, 2.75) is 0 Å². The number of aliphatic imine (C=N–C) groups is 1. The zero-order valence-electron chi connectivity index (χ0n) is 17.4. The molecule has 0 amide bonds. The zero-order chi connectivity index (χ0) is 22.9. The Morgan fingerprint density at radius 3 is 2.76 bits per heavy atom. The molecule has 0 fully saturated rings. The van der Waals surface area contributed by atoms with Gasteiger partial charge in [0.15, 0.2) is 17.3 Å². The first-order chi connectivity index (χ1) is 16.0. The first-order valence-electron chi connectivity index (χ1n) is 9.97. The Balaban J connectivity index is 1.56. The molecule has 3 heterocycles. The number of rotatable bonds is 5.